The summed E-state index contributed by atoms with van der Waals surface area (Å²) in [6, 6.07) is 13.8. The van der Waals surface area contributed by atoms with Gasteiger partial charge in [0.2, 0.25) is 0 Å². The van der Waals surface area contributed by atoms with Crippen LogP contribution in [-0.2, 0) is 5.54 Å². The van der Waals surface area contributed by atoms with E-state index in [2.05, 4.69) is 23.3 Å². The highest BCUT2D eigenvalue weighted by Crippen LogP contribution is 2.24. The van der Waals surface area contributed by atoms with Crippen LogP contribution in [0.3, 0.4) is 0 Å². The van der Waals surface area contributed by atoms with Gasteiger partial charge >= 0.3 is 6.03 Å². The van der Waals surface area contributed by atoms with Crippen LogP contribution in [0, 0.1) is 13.8 Å². The Morgan fingerprint density at radius 2 is 1.75 bits per heavy atom. The van der Waals surface area contributed by atoms with E-state index in [0.717, 1.165) is 33.5 Å². The molecule has 24 heavy (non-hydrogen) atoms. The fraction of sp³-hybridized carbons (Fsp3) is 0.286. The molecular formula is C21H26N2O. The summed E-state index contributed by atoms with van der Waals surface area (Å²) in [6.45, 7) is 14.0. The molecule has 0 fully saturated rings. The molecule has 0 spiro atoms. The molecule has 2 N–H and O–H groups in total. The molecule has 2 rings (SSSR count). The number of benzene rings is 2. The zero-order valence-corrected chi connectivity index (χ0v) is 15.2. The van der Waals surface area contributed by atoms with E-state index in [0.29, 0.717) is 0 Å². The van der Waals surface area contributed by atoms with Gasteiger partial charge in [0, 0.05) is 5.69 Å². The molecule has 3 heteroatoms. The molecule has 2 aromatic carbocycles. The average Bonchev–Trinajstić information content (AvgIpc) is 2.51. The summed E-state index contributed by atoms with van der Waals surface area (Å²) in [6.07, 6.45) is 0. The second-order valence-corrected chi connectivity index (χ2v) is 6.81. The van der Waals surface area contributed by atoms with Gasteiger partial charge in [0.15, 0.2) is 0 Å². The largest absolute Gasteiger partial charge is 0.329 e. The molecule has 0 bridgehead atoms. The van der Waals surface area contributed by atoms with Gasteiger partial charge in [-0.3, -0.25) is 0 Å². The molecule has 0 saturated heterocycles. The van der Waals surface area contributed by atoms with Crippen molar-refractivity contribution in [2.24, 2.45) is 0 Å². The molecule has 0 aliphatic heterocycles. The Morgan fingerprint density at radius 3 is 2.42 bits per heavy atom. The highest BCUT2D eigenvalue weighted by atomic mass is 16.2. The molecule has 0 aliphatic carbocycles. The van der Waals surface area contributed by atoms with Crippen LogP contribution < -0.4 is 10.6 Å². The van der Waals surface area contributed by atoms with E-state index in [9.17, 15) is 4.79 Å². The van der Waals surface area contributed by atoms with Gasteiger partial charge < -0.3 is 10.6 Å². The van der Waals surface area contributed by atoms with Crippen molar-refractivity contribution < 1.29 is 4.79 Å². The van der Waals surface area contributed by atoms with E-state index in [1.165, 1.54) is 0 Å². The van der Waals surface area contributed by atoms with Crippen molar-refractivity contribution in [1.29, 1.82) is 0 Å². The summed E-state index contributed by atoms with van der Waals surface area (Å²) < 4.78 is 0. The second kappa shape index (κ2) is 6.91. The minimum atomic E-state index is -0.493. The standard InChI is InChI=1S/C21H26N2O/c1-14(2)17-10-8-11-18(13-17)21(5,6)23-20(24)22-19-12-7-9-15(3)16(19)4/h7-13H,1H2,2-6H3,(H2,22,23,24). The van der Waals surface area contributed by atoms with Crippen LogP contribution in [0.25, 0.3) is 5.57 Å². The van der Waals surface area contributed by atoms with E-state index in [1.54, 1.807) is 0 Å². The molecular weight excluding hydrogens is 296 g/mol. The first-order valence-electron chi connectivity index (χ1n) is 8.12. The van der Waals surface area contributed by atoms with E-state index in [-0.39, 0.29) is 6.03 Å². The zero-order chi connectivity index (χ0) is 17.9. The monoisotopic (exact) mass is 322 g/mol. The van der Waals surface area contributed by atoms with Crippen LogP contribution in [0.4, 0.5) is 10.5 Å². The number of anilines is 1. The minimum Gasteiger partial charge on any atom is -0.329 e. The Kier molecular flexibility index (Phi) is 5.13. The number of rotatable bonds is 4. The van der Waals surface area contributed by atoms with Crippen molar-refractivity contribution in [2.45, 2.75) is 40.2 Å². The lowest BCUT2D eigenvalue weighted by Gasteiger charge is -2.28. The van der Waals surface area contributed by atoms with Gasteiger partial charge in [0.25, 0.3) is 0 Å². The number of allylic oxidation sites excluding steroid dienone is 1. The Hall–Kier alpha value is -2.55. The third-order valence-corrected chi connectivity index (χ3v) is 4.36. The Bertz CT molecular complexity index is 775. The van der Waals surface area contributed by atoms with Crippen LogP contribution in [0.5, 0.6) is 0 Å². The average molecular weight is 322 g/mol. The van der Waals surface area contributed by atoms with E-state index < -0.39 is 5.54 Å². The molecule has 0 unspecified atom stereocenters. The lowest BCUT2D eigenvalue weighted by atomic mass is 9.92. The van der Waals surface area contributed by atoms with Crippen LogP contribution in [0.2, 0.25) is 0 Å². The van der Waals surface area contributed by atoms with Gasteiger partial charge in [0.1, 0.15) is 0 Å². The van der Waals surface area contributed by atoms with E-state index in [4.69, 9.17) is 0 Å². The van der Waals surface area contributed by atoms with Crippen molar-refractivity contribution >= 4 is 17.3 Å². The first-order valence-corrected chi connectivity index (χ1v) is 8.12. The number of amides is 2. The lowest BCUT2D eigenvalue weighted by molar-refractivity contribution is 0.242. The predicted molar refractivity (Wildman–Crippen MR) is 102 cm³/mol. The summed E-state index contributed by atoms with van der Waals surface area (Å²) in [5.74, 6) is 0. The van der Waals surface area contributed by atoms with E-state index >= 15 is 0 Å². The number of aryl methyl sites for hydroxylation is 1. The minimum absolute atomic E-state index is 0.213. The van der Waals surface area contributed by atoms with Gasteiger partial charge in [-0.05, 0) is 69.0 Å². The third-order valence-electron chi connectivity index (χ3n) is 4.36. The number of nitrogens with one attached hydrogen (secondary N) is 2. The van der Waals surface area contributed by atoms with Crippen LogP contribution >= 0.6 is 0 Å². The fourth-order valence-electron chi connectivity index (χ4n) is 2.57. The summed E-state index contributed by atoms with van der Waals surface area (Å²) in [4.78, 5) is 12.4. The number of carbonyl (C=O) groups excluding carboxylic acids is 1. The molecule has 0 aromatic heterocycles. The molecule has 0 heterocycles. The highest BCUT2D eigenvalue weighted by molar-refractivity contribution is 5.90. The maximum Gasteiger partial charge on any atom is 0.319 e. The van der Waals surface area contributed by atoms with Crippen molar-refractivity contribution in [3.05, 3.63) is 71.3 Å². The Balaban J connectivity index is 2.16. The van der Waals surface area contributed by atoms with Crippen LogP contribution in [0.15, 0.2) is 49.0 Å². The molecule has 126 valence electrons. The first-order chi connectivity index (χ1) is 11.2. The summed E-state index contributed by atoms with van der Waals surface area (Å²) >= 11 is 0. The van der Waals surface area contributed by atoms with Gasteiger partial charge in [-0.2, -0.15) is 0 Å². The smallest absolute Gasteiger partial charge is 0.319 e. The fourth-order valence-corrected chi connectivity index (χ4v) is 2.57. The molecule has 2 aromatic rings. The lowest BCUT2D eigenvalue weighted by Crippen LogP contribution is -2.43. The van der Waals surface area contributed by atoms with Crippen LogP contribution in [0.1, 0.15) is 43.0 Å². The SMILES string of the molecule is C=C(C)c1cccc(C(C)(C)NC(=O)Nc2cccc(C)c2C)c1. The van der Waals surface area contributed by atoms with Gasteiger partial charge in [-0.25, -0.2) is 4.79 Å². The van der Waals surface area contributed by atoms with Crippen molar-refractivity contribution in [3.63, 3.8) is 0 Å². The maximum absolute atomic E-state index is 12.4. The Labute approximate surface area is 144 Å². The van der Waals surface area contributed by atoms with Crippen molar-refractivity contribution in [1.82, 2.24) is 5.32 Å². The number of urea groups is 1. The highest BCUT2D eigenvalue weighted by Gasteiger charge is 2.23. The van der Waals surface area contributed by atoms with Gasteiger partial charge in [-0.1, -0.05) is 42.5 Å². The van der Waals surface area contributed by atoms with Gasteiger partial charge in [-0.15, -0.1) is 0 Å². The van der Waals surface area contributed by atoms with E-state index in [1.807, 2.05) is 71.0 Å². The summed E-state index contributed by atoms with van der Waals surface area (Å²) in [5, 5.41) is 6.00. The zero-order valence-electron chi connectivity index (χ0n) is 15.2. The molecule has 3 nitrogen and oxygen atoms in total. The molecule has 2 amide bonds. The topological polar surface area (TPSA) is 41.1 Å². The number of carbonyl (C=O) groups is 1. The Morgan fingerprint density at radius 1 is 1.08 bits per heavy atom. The first kappa shape index (κ1) is 17.8. The van der Waals surface area contributed by atoms with Crippen LogP contribution in [-0.4, -0.2) is 6.03 Å². The van der Waals surface area contributed by atoms with Crippen molar-refractivity contribution in [3.8, 4) is 0 Å². The molecule has 0 radical (unpaired) electrons. The predicted octanol–water partition coefficient (Wildman–Crippen LogP) is 5.39. The summed E-state index contributed by atoms with van der Waals surface area (Å²) in [7, 11) is 0. The molecule has 0 aliphatic rings. The number of hydrogen-bond donors (Lipinski definition) is 2. The molecule has 0 atom stereocenters. The normalized spacial score (nSPS) is 11.0. The third kappa shape index (κ3) is 4.05. The van der Waals surface area contributed by atoms with Crippen molar-refractivity contribution in [2.75, 3.05) is 5.32 Å². The summed E-state index contributed by atoms with van der Waals surface area (Å²) in [5.41, 5.74) is 5.70. The number of hydrogen-bond acceptors (Lipinski definition) is 1. The molecule has 0 saturated carbocycles. The second-order valence-electron chi connectivity index (χ2n) is 6.81. The van der Waals surface area contributed by atoms with Gasteiger partial charge in [0.05, 0.1) is 5.54 Å². The maximum atomic E-state index is 12.4. The quantitative estimate of drug-likeness (QED) is 0.778.